The SMILES string of the molecule is CCN(c1ccc(NC(=O)CSc2nnc(C)s2)cc1)C(C)C. The van der Waals surface area contributed by atoms with Crippen molar-refractivity contribution in [2.24, 2.45) is 0 Å². The second-order valence-electron chi connectivity index (χ2n) is 5.35. The molecule has 0 bridgehead atoms. The monoisotopic (exact) mass is 350 g/mol. The third-order valence-corrected chi connectivity index (χ3v) is 5.25. The standard InChI is InChI=1S/C16H22N4OS2/c1-5-20(11(2)3)14-8-6-13(7-9-14)17-15(21)10-22-16-19-18-12(4)23-16/h6-9,11H,5,10H2,1-4H3,(H,17,21). The minimum absolute atomic E-state index is 0.0354. The number of aromatic nitrogens is 2. The number of thioether (sulfide) groups is 1. The maximum absolute atomic E-state index is 12.0. The van der Waals surface area contributed by atoms with Gasteiger partial charge in [0.15, 0.2) is 4.34 Å². The van der Waals surface area contributed by atoms with Crippen LogP contribution in [0.1, 0.15) is 25.8 Å². The Morgan fingerprint density at radius 1 is 1.30 bits per heavy atom. The van der Waals surface area contributed by atoms with Crippen molar-refractivity contribution in [3.8, 4) is 0 Å². The first kappa shape index (κ1) is 17.7. The van der Waals surface area contributed by atoms with E-state index >= 15 is 0 Å². The highest BCUT2D eigenvalue weighted by Crippen LogP contribution is 2.23. The average molecular weight is 351 g/mol. The smallest absolute Gasteiger partial charge is 0.234 e. The molecule has 1 heterocycles. The molecule has 0 radical (unpaired) electrons. The summed E-state index contributed by atoms with van der Waals surface area (Å²) >= 11 is 2.91. The highest BCUT2D eigenvalue weighted by Gasteiger charge is 2.09. The summed E-state index contributed by atoms with van der Waals surface area (Å²) < 4.78 is 0.823. The number of hydrogen-bond acceptors (Lipinski definition) is 6. The normalized spacial score (nSPS) is 10.8. The van der Waals surface area contributed by atoms with Gasteiger partial charge < -0.3 is 10.2 Å². The topological polar surface area (TPSA) is 58.1 Å². The molecule has 0 unspecified atom stereocenters. The van der Waals surface area contributed by atoms with Crippen LogP contribution in [0, 0.1) is 6.92 Å². The molecule has 0 saturated heterocycles. The van der Waals surface area contributed by atoms with Crippen LogP contribution in [-0.2, 0) is 4.79 Å². The summed E-state index contributed by atoms with van der Waals surface area (Å²) in [5, 5.41) is 11.8. The van der Waals surface area contributed by atoms with E-state index in [2.05, 4.69) is 41.2 Å². The van der Waals surface area contributed by atoms with Crippen LogP contribution in [0.15, 0.2) is 28.6 Å². The maximum atomic E-state index is 12.0. The molecule has 23 heavy (non-hydrogen) atoms. The van der Waals surface area contributed by atoms with Gasteiger partial charge in [-0.3, -0.25) is 4.79 Å². The minimum Gasteiger partial charge on any atom is -0.369 e. The Morgan fingerprint density at radius 2 is 2.00 bits per heavy atom. The largest absolute Gasteiger partial charge is 0.369 e. The molecule has 0 aliphatic carbocycles. The number of anilines is 2. The van der Waals surface area contributed by atoms with Gasteiger partial charge in [-0.2, -0.15) is 0 Å². The summed E-state index contributed by atoms with van der Waals surface area (Å²) in [6, 6.07) is 8.42. The van der Waals surface area contributed by atoms with E-state index in [4.69, 9.17) is 0 Å². The molecule has 1 amide bonds. The lowest BCUT2D eigenvalue weighted by molar-refractivity contribution is -0.113. The number of nitrogens with one attached hydrogen (secondary N) is 1. The van der Waals surface area contributed by atoms with Crippen LogP contribution in [0.25, 0.3) is 0 Å². The Bertz CT molecular complexity index is 640. The van der Waals surface area contributed by atoms with Crippen LogP contribution >= 0.6 is 23.1 Å². The second-order valence-corrected chi connectivity index (χ2v) is 7.75. The van der Waals surface area contributed by atoms with E-state index in [1.54, 1.807) is 0 Å². The fourth-order valence-corrected chi connectivity index (χ4v) is 3.86. The molecule has 0 aliphatic rings. The third kappa shape index (κ3) is 5.21. The van der Waals surface area contributed by atoms with Crippen molar-refractivity contribution >= 4 is 40.4 Å². The van der Waals surface area contributed by atoms with Crippen molar-refractivity contribution in [3.05, 3.63) is 29.3 Å². The lowest BCUT2D eigenvalue weighted by Gasteiger charge is -2.27. The summed E-state index contributed by atoms with van der Waals surface area (Å²) in [6.07, 6.45) is 0. The molecule has 1 aromatic heterocycles. The lowest BCUT2D eigenvalue weighted by Crippen LogP contribution is -2.30. The summed E-state index contributed by atoms with van der Waals surface area (Å²) in [7, 11) is 0. The first-order valence-electron chi connectivity index (χ1n) is 7.59. The third-order valence-electron chi connectivity index (χ3n) is 3.28. The quantitative estimate of drug-likeness (QED) is 0.770. The van der Waals surface area contributed by atoms with Gasteiger partial charge in [0.2, 0.25) is 5.91 Å². The molecule has 124 valence electrons. The number of carbonyl (C=O) groups excluding carboxylic acids is 1. The van der Waals surface area contributed by atoms with Crippen molar-refractivity contribution in [2.75, 3.05) is 22.5 Å². The predicted octanol–water partition coefficient (Wildman–Crippen LogP) is 3.81. The van der Waals surface area contributed by atoms with E-state index in [1.807, 2.05) is 31.2 Å². The number of amides is 1. The molecule has 1 aromatic carbocycles. The van der Waals surface area contributed by atoms with Gasteiger partial charge in [0.1, 0.15) is 5.01 Å². The van der Waals surface area contributed by atoms with Crippen LogP contribution in [0.5, 0.6) is 0 Å². The van der Waals surface area contributed by atoms with Crippen LogP contribution in [0.2, 0.25) is 0 Å². The first-order chi connectivity index (χ1) is 11.0. The summed E-state index contributed by atoms with van der Waals surface area (Å²) in [6.45, 7) is 9.35. The number of aryl methyl sites for hydroxylation is 1. The van der Waals surface area contributed by atoms with Gasteiger partial charge in [0.05, 0.1) is 5.75 Å². The molecule has 0 aliphatic heterocycles. The van der Waals surface area contributed by atoms with Crippen molar-refractivity contribution < 1.29 is 4.79 Å². The Hall–Kier alpha value is -1.60. The fraction of sp³-hybridized carbons (Fsp3) is 0.438. The Kier molecular flexibility index (Phi) is 6.41. The van der Waals surface area contributed by atoms with Crippen LogP contribution in [0.3, 0.4) is 0 Å². The molecular weight excluding hydrogens is 328 g/mol. The number of rotatable bonds is 7. The Morgan fingerprint density at radius 3 is 2.52 bits per heavy atom. The predicted molar refractivity (Wildman–Crippen MR) is 98.6 cm³/mol. The van der Waals surface area contributed by atoms with E-state index in [0.29, 0.717) is 11.8 Å². The molecule has 0 fully saturated rings. The molecular formula is C16H22N4OS2. The second kappa shape index (κ2) is 8.31. The molecule has 5 nitrogen and oxygen atoms in total. The highest BCUT2D eigenvalue weighted by atomic mass is 32.2. The average Bonchev–Trinajstić information content (AvgIpc) is 2.93. The van der Waals surface area contributed by atoms with Gasteiger partial charge in [-0.05, 0) is 52.0 Å². The zero-order valence-corrected chi connectivity index (χ0v) is 15.5. The van der Waals surface area contributed by atoms with Gasteiger partial charge in [0.25, 0.3) is 0 Å². The van der Waals surface area contributed by atoms with Crippen molar-refractivity contribution in [1.29, 1.82) is 0 Å². The van der Waals surface area contributed by atoms with E-state index < -0.39 is 0 Å². The van der Waals surface area contributed by atoms with E-state index in [9.17, 15) is 4.79 Å². The number of benzene rings is 1. The summed E-state index contributed by atoms with van der Waals surface area (Å²) in [4.78, 5) is 14.3. The maximum Gasteiger partial charge on any atom is 0.234 e. The van der Waals surface area contributed by atoms with E-state index in [0.717, 1.165) is 21.6 Å². The highest BCUT2D eigenvalue weighted by molar-refractivity contribution is 8.01. The molecule has 1 N–H and O–H groups in total. The van der Waals surface area contributed by atoms with E-state index in [1.165, 1.54) is 28.8 Å². The van der Waals surface area contributed by atoms with Gasteiger partial charge in [-0.1, -0.05) is 23.1 Å². The van der Waals surface area contributed by atoms with Gasteiger partial charge in [-0.25, -0.2) is 0 Å². The minimum atomic E-state index is -0.0354. The lowest BCUT2D eigenvalue weighted by atomic mass is 10.2. The van der Waals surface area contributed by atoms with Crippen LogP contribution in [-0.4, -0.2) is 34.4 Å². The molecule has 0 saturated carbocycles. The zero-order valence-electron chi connectivity index (χ0n) is 13.9. The molecule has 2 aromatic rings. The number of carbonyl (C=O) groups is 1. The Balaban J connectivity index is 1.88. The van der Waals surface area contributed by atoms with Gasteiger partial charge in [-0.15, -0.1) is 10.2 Å². The summed E-state index contributed by atoms with van der Waals surface area (Å²) in [5.41, 5.74) is 1.98. The van der Waals surface area contributed by atoms with Gasteiger partial charge in [0, 0.05) is 24.0 Å². The van der Waals surface area contributed by atoms with Crippen molar-refractivity contribution in [1.82, 2.24) is 10.2 Å². The fourth-order valence-electron chi connectivity index (χ4n) is 2.24. The van der Waals surface area contributed by atoms with Crippen LogP contribution < -0.4 is 10.2 Å². The zero-order chi connectivity index (χ0) is 16.8. The molecule has 0 spiro atoms. The van der Waals surface area contributed by atoms with Gasteiger partial charge >= 0.3 is 0 Å². The molecule has 0 atom stereocenters. The van der Waals surface area contributed by atoms with Crippen LogP contribution in [0.4, 0.5) is 11.4 Å². The van der Waals surface area contributed by atoms with Crippen molar-refractivity contribution in [3.63, 3.8) is 0 Å². The number of nitrogens with zero attached hydrogens (tertiary/aromatic N) is 3. The van der Waals surface area contributed by atoms with E-state index in [-0.39, 0.29) is 5.91 Å². The molecule has 7 heteroatoms. The molecule has 2 rings (SSSR count). The van der Waals surface area contributed by atoms with Crippen molar-refractivity contribution in [2.45, 2.75) is 38.1 Å². The Labute approximate surface area is 145 Å². The first-order valence-corrected chi connectivity index (χ1v) is 9.39. The summed E-state index contributed by atoms with van der Waals surface area (Å²) in [5.74, 6) is 0.301. The number of hydrogen-bond donors (Lipinski definition) is 1.